The summed E-state index contributed by atoms with van der Waals surface area (Å²) in [5, 5.41) is 10.3. The first-order valence-corrected chi connectivity index (χ1v) is 6.86. The Hall–Kier alpha value is -2.14. The number of benzene rings is 1. The van der Waals surface area contributed by atoms with E-state index in [1.54, 1.807) is 4.68 Å². The lowest BCUT2D eigenvalue weighted by Gasteiger charge is -2.11. The smallest absolute Gasteiger partial charge is 0.241 e. The van der Waals surface area contributed by atoms with E-state index in [0.717, 1.165) is 36.2 Å². The summed E-state index contributed by atoms with van der Waals surface area (Å²) in [7, 11) is 1.89. The number of aryl methyl sites for hydroxylation is 1. The summed E-state index contributed by atoms with van der Waals surface area (Å²) in [6, 6.07) is 7.79. The number of rotatable bonds is 3. The molecule has 1 saturated heterocycles. The Labute approximate surface area is 118 Å². The van der Waals surface area contributed by atoms with E-state index in [1.807, 2.05) is 43.7 Å². The van der Waals surface area contributed by atoms with Gasteiger partial charge < -0.3 is 10.6 Å². The summed E-state index contributed by atoms with van der Waals surface area (Å²) in [4.78, 5) is 12.1. The van der Waals surface area contributed by atoms with Gasteiger partial charge in [-0.2, -0.15) is 5.10 Å². The highest BCUT2D eigenvalue weighted by Gasteiger charge is 2.21. The second-order valence-corrected chi connectivity index (χ2v) is 5.12. The molecule has 2 N–H and O–H groups in total. The lowest BCUT2D eigenvalue weighted by molar-refractivity contribution is -0.117. The van der Waals surface area contributed by atoms with E-state index < -0.39 is 0 Å². The van der Waals surface area contributed by atoms with Gasteiger partial charge in [0, 0.05) is 24.5 Å². The highest BCUT2D eigenvalue weighted by Crippen LogP contribution is 2.22. The third-order valence-corrected chi connectivity index (χ3v) is 3.55. The Morgan fingerprint density at radius 2 is 2.35 bits per heavy atom. The predicted molar refractivity (Wildman–Crippen MR) is 78.3 cm³/mol. The van der Waals surface area contributed by atoms with Crippen molar-refractivity contribution < 1.29 is 4.79 Å². The fraction of sp³-hybridized carbons (Fsp3) is 0.333. The fourth-order valence-electron chi connectivity index (χ4n) is 2.48. The van der Waals surface area contributed by atoms with Gasteiger partial charge in [0.1, 0.15) is 0 Å². The van der Waals surface area contributed by atoms with Crippen molar-refractivity contribution in [1.82, 2.24) is 15.1 Å². The minimum absolute atomic E-state index is 0.0471. The Morgan fingerprint density at radius 1 is 1.45 bits per heavy atom. The van der Waals surface area contributed by atoms with Crippen LogP contribution in [0.3, 0.4) is 0 Å². The molecule has 1 aromatic heterocycles. The lowest BCUT2D eigenvalue weighted by atomic mass is 10.1. The summed E-state index contributed by atoms with van der Waals surface area (Å²) in [5.74, 6) is 0.0471. The molecule has 1 aliphatic rings. The molecule has 0 saturated carbocycles. The molecule has 5 nitrogen and oxygen atoms in total. The molecule has 1 unspecified atom stereocenters. The molecule has 1 aromatic carbocycles. The molecule has 1 amide bonds. The normalized spacial score (nSPS) is 18.1. The predicted octanol–water partition coefficient (Wildman–Crippen LogP) is 1.78. The summed E-state index contributed by atoms with van der Waals surface area (Å²) >= 11 is 0. The van der Waals surface area contributed by atoms with Crippen LogP contribution in [0.4, 0.5) is 5.69 Å². The van der Waals surface area contributed by atoms with Crippen LogP contribution >= 0.6 is 0 Å². The van der Waals surface area contributed by atoms with Crippen LogP contribution in [0.15, 0.2) is 36.7 Å². The van der Waals surface area contributed by atoms with Gasteiger partial charge in [0.25, 0.3) is 0 Å². The molecular formula is C15H18N4O. The summed E-state index contributed by atoms with van der Waals surface area (Å²) in [6.45, 7) is 0.924. The van der Waals surface area contributed by atoms with Crippen LogP contribution in [0.1, 0.15) is 12.8 Å². The van der Waals surface area contributed by atoms with E-state index in [2.05, 4.69) is 15.7 Å². The number of carbonyl (C=O) groups is 1. The number of amides is 1. The molecular weight excluding hydrogens is 252 g/mol. The van der Waals surface area contributed by atoms with Crippen LogP contribution in [-0.2, 0) is 11.8 Å². The van der Waals surface area contributed by atoms with Gasteiger partial charge in [-0.05, 0) is 37.1 Å². The number of anilines is 1. The lowest BCUT2D eigenvalue weighted by Crippen LogP contribution is -2.35. The van der Waals surface area contributed by atoms with Crippen LogP contribution < -0.4 is 10.6 Å². The molecule has 0 spiro atoms. The van der Waals surface area contributed by atoms with Gasteiger partial charge in [0.2, 0.25) is 5.91 Å². The van der Waals surface area contributed by atoms with Gasteiger partial charge in [0.05, 0.1) is 12.2 Å². The standard InChI is InChI=1S/C15H18N4O/c1-19-10-12(9-17-19)11-4-2-5-13(8-11)18-15(20)14-6-3-7-16-14/h2,4-5,8-10,14,16H,3,6-7H2,1H3,(H,18,20). The molecule has 0 radical (unpaired) electrons. The van der Waals surface area contributed by atoms with E-state index >= 15 is 0 Å². The summed E-state index contributed by atoms with van der Waals surface area (Å²) in [6.07, 6.45) is 5.75. The number of nitrogens with zero attached hydrogens (tertiary/aromatic N) is 2. The van der Waals surface area contributed by atoms with Crippen molar-refractivity contribution in [2.24, 2.45) is 7.05 Å². The maximum absolute atomic E-state index is 12.1. The maximum Gasteiger partial charge on any atom is 0.241 e. The van der Waals surface area contributed by atoms with E-state index in [-0.39, 0.29) is 11.9 Å². The molecule has 1 aliphatic heterocycles. The van der Waals surface area contributed by atoms with Crippen LogP contribution in [0.5, 0.6) is 0 Å². The third kappa shape index (κ3) is 2.72. The average Bonchev–Trinajstić information content (AvgIpc) is 3.10. The van der Waals surface area contributed by atoms with Crippen molar-refractivity contribution in [3.63, 3.8) is 0 Å². The Kier molecular flexibility index (Phi) is 3.52. The van der Waals surface area contributed by atoms with Gasteiger partial charge in [-0.25, -0.2) is 0 Å². The summed E-state index contributed by atoms with van der Waals surface area (Å²) in [5.41, 5.74) is 2.92. The Morgan fingerprint density at radius 3 is 3.05 bits per heavy atom. The summed E-state index contributed by atoms with van der Waals surface area (Å²) < 4.78 is 1.77. The molecule has 1 fully saturated rings. The topological polar surface area (TPSA) is 59.0 Å². The third-order valence-electron chi connectivity index (χ3n) is 3.55. The average molecular weight is 270 g/mol. The van der Waals surface area contributed by atoms with Crippen molar-refractivity contribution in [2.75, 3.05) is 11.9 Å². The first-order chi connectivity index (χ1) is 9.72. The van der Waals surface area contributed by atoms with E-state index in [1.165, 1.54) is 0 Å². The molecule has 0 bridgehead atoms. The first kappa shape index (κ1) is 12.9. The number of hydrogen-bond donors (Lipinski definition) is 2. The van der Waals surface area contributed by atoms with Crippen molar-refractivity contribution in [1.29, 1.82) is 0 Å². The molecule has 2 aromatic rings. The maximum atomic E-state index is 12.1. The molecule has 5 heteroatoms. The van der Waals surface area contributed by atoms with Gasteiger partial charge >= 0.3 is 0 Å². The molecule has 104 valence electrons. The van der Waals surface area contributed by atoms with Crippen molar-refractivity contribution in [3.8, 4) is 11.1 Å². The second-order valence-electron chi connectivity index (χ2n) is 5.12. The zero-order valence-corrected chi connectivity index (χ0v) is 11.5. The van der Waals surface area contributed by atoms with E-state index in [4.69, 9.17) is 0 Å². The molecule has 0 aliphatic carbocycles. The Balaban J connectivity index is 1.75. The SMILES string of the molecule is Cn1cc(-c2cccc(NC(=O)C3CCCN3)c2)cn1. The largest absolute Gasteiger partial charge is 0.325 e. The van der Waals surface area contributed by atoms with E-state index in [0.29, 0.717) is 0 Å². The van der Waals surface area contributed by atoms with Crippen molar-refractivity contribution in [3.05, 3.63) is 36.7 Å². The first-order valence-electron chi connectivity index (χ1n) is 6.86. The zero-order chi connectivity index (χ0) is 13.9. The van der Waals surface area contributed by atoms with Crippen LogP contribution in [0, 0.1) is 0 Å². The van der Waals surface area contributed by atoms with Crippen molar-refractivity contribution in [2.45, 2.75) is 18.9 Å². The quantitative estimate of drug-likeness (QED) is 0.893. The highest BCUT2D eigenvalue weighted by atomic mass is 16.2. The van der Waals surface area contributed by atoms with E-state index in [9.17, 15) is 4.79 Å². The van der Waals surface area contributed by atoms with Gasteiger partial charge in [-0.15, -0.1) is 0 Å². The molecule has 2 heterocycles. The minimum Gasteiger partial charge on any atom is -0.325 e. The molecule has 20 heavy (non-hydrogen) atoms. The zero-order valence-electron chi connectivity index (χ0n) is 11.5. The second kappa shape index (κ2) is 5.46. The van der Waals surface area contributed by atoms with Crippen LogP contribution in [0.25, 0.3) is 11.1 Å². The van der Waals surface area contributed by atoms with Gasteiger partial charge in [0.15, 0.2) is 0 Å². The molecule has 1 atom stereocenters. The monoisotopic (exact) mass is 270 g/mol. The fourth-order valence-corrected chi connectivity index (χ4v) is 2.48. The number of carbonyl (C=O) groups excluding carboxylic acids is 1. The van der Waals surface area contributed by atoms with Crippen molar-refractivity contribution >= 4 is 11.6 Å². The number of hydrogen-bond acceptors (Lipinski definition) is 3. The number of aromatic nitrogens is 2. The Bertz CT molecular complexity index is 614. The minimum atomic E-state index is -0.0583. The van der Waals surface area contributed by atoms with Gasteiger partial charge in [-0.3, -0.25) is 9.48 Å². The van der Waals surface area contributed by atoms with Gasteiger partial charge in [-0.1, -0.05) is 12.1 Å². The van der Waals surface area contributed by atoms with Crippen LogP contribution in [0.2, 0.25) is 0 Å². The number of nitrogens with one attached hydrogen (secondary N) is 2. The van der Waals surface area contributed by atoms with Crippen LogP contribution in [-0.4, -0.2) is 28.3 Å². The highest BCUT2D eigenvalue weighted by molar-refractivity contribution is 5.95. The molecule has 3 rings (SSSR count).